The third kappa shape index (κ3) is 3.40. The van der Waals surface area contributed by atoms with E-state index in [4.69, 9.17) is 0 Å². The third-order valence-corrected chi connectivity index (χ3v) is 5.64. The molecular formula is C14H27NS. The van der Waals surface area contributed by atoms with Gasteiger partial charge >= 0.3 is 0 Å². The fourth-order valence-corrected chi connectivity index (χ4v) is 4.24. The molecule has 2 saturated carbocycles. The fourth-order valence-electron chi connectivity index (χ4n) is 3.30. The van der Waals surface area contributed by atoms with E-state index in [0.29, 0.717) is 0 Å². The molecule has 0 aliphatic heterocycles. The maximum Gasteiger partial charge on any atom is 0.0198 e. The molecule has 2 rings (SSSR count). The predicted octanol–water partition coefficient (Wildman–Crippen LogP) is 3.83. The second-order valence-electron chi connectivity index (χ2n) is 5.79. The molecule has 0 bridgehead atoms. The molecule has 0 saturated heterocycles. The van der Waals surface area contributed by atoms with Crippen molar-refractivity contribution in [2.24, 2.45) is 5.92 Å². The Morgan fingerprint density at radius 2 is 1.62 bits per heavy atom. The average molecular weight is 241 g/mol. The minimum absolute atomic E-state index is 0.808. The molecular weight excluding hydrogens is 214 g/mol. The van der Waals surface area contributed by atoms with Crippen LogP contribution in [0.25, 0.3) is 0 Å². The van der Waals surface area contributed by atoms with Crippen molar-refractivity contribution in [1.29, 1.82) is 0 Å². The molecule has 0 aromatic rings. The van der Waals surface area contributed by atoms with E-state index >= 15 is 0 Å². The van der Waals surface area contributed by atoms with Gasteiger partial charge in [0, 0.05) is 17.3 Å². The van der Waals surface area contributed by atoms with Crippen molar-refractivity contribution in [1.82, 2.24) is 5.32 Å². The van der Waals surface area contributed by atoms with Crippen molar-refractivity contribution in [3.63, 3.8) is 0 Å². The van der Waals surface area contributed by atoms with Gasteiger partial charge in [0.1, 0.15) is 0 Å². The molecule has 94 valence electrons. The summed E-state index contributed by atoms with van der Waals surface area (Å²) in [4.78, 5) is 0. The standard InChI is InChI=1S/C14H27NS/c1-11-7-9-12(10-8-11)15-13-5-3-4-6-14(13)16-2/h11-15H,3-10H2,1-2H3. The monoisotopic (exact) mass is 241 g/mol. The SMILES string of the molecule is CSC1CCCCC1NC1CCC(C)CC1. The van der Waals surface area contributed by atoms with Crippen LogP contribution in [0.3, 0.4) is 0 Å². The van der Waals surface area contributed by atoms with Crippen LogP contribution in [0.4, 0.5) is 0 Å². The van der Waals surface area contributed by atoms with Gasteiger partial charge in [0.2, 0.25) is 0 Å². The lowest BCUT2D eigenvalue weighted by Gasteiger charge is -2.36. The van der Waals surface area contributed by atoms with Crippen LogP contribution in [-0.4, -0.2) is 23.6 Å². The Kier molecular flexibility index (Phi) is 5.02. The third-order valence-electron chi connectivity index (χ3n) is 4.47. The van der Waals surface area contributed by atoms with Crippen molar-refractivity contribution >= 4 is 11.8 Å². The van der Waals surface area contributed by atoms with Crippen LogP contribution >= 0.6 is 11.8 Å². The number of rotatable bonds is 3. The number of hydrogen-bond acceptors (Lipinski definition) is 2. The van der Waals surface area contributed by atoms with Gasteiger partial charge in [-0.05, 0) is 50.7 Å². The highest BCUT2D eigenvalue weighted by atomic mass is 32.2. The van der Waals surface area contributed by atoms with Gasteiger partial charge in [-0.2, -0.15) is 11.8 Å². The van der Waals surface area contributed by atoms with E-state index in [1.165, 1.54) is 51.4 Å². The molecule has 0 aromatic heterocycles. The molecule has 0 amide bonds. The zero-order chi connectivity index (χ0) is 11.4. The molecule has 1 N–H and O–H groups in total. The van der Waals surface area contributed by atoms with Crippen LogP contribution in [0.5, 0.6) is 0 Å². The second kappa shape index (κ2) is 6.30. The summed E-state index contributed by atoms with van der Waals surface area (Å²) in [5, 5.41) is 4.84. The summed E-state index contributed by atoms with van der Waals surface area (Å²) in [5.74, 6) is 0.973. The van der Waals surface area contributed by atoms with Crippen LogP contribution in [0.1, 0.15) is 58.3 Å². The molecule has 1 nitrogen and oxygen atoms in total. The van der Waals surface area contributed by atoms with Crippen molar-refractivity contribution < 1.29 is 0 Å². The Bertz CT molecular complexity index is 199. The Labute approximate surface area is 105 Å². The highest BCUT2D eigenvalue weighted by molar-refractivity contribution is 7.99. The van der Waals surface area contributed by atoms with Crippen LogP contribution in [0.15, 0.2) is 0 Å². The first kappa shape index (κ1) is 12.8. The zero-order valence-corrected chi connectivity index (χ0v) is 11.7. The number of nitrogens with one attached hydrogen (secondary N) is 1. The van der Waals surface area contributed by atoms with Gasteiger partial charge in [-0.25, -0.2) is 0 Å². The van der Waals surface area contributed by atoms with Crippen LogP contribution in [-0.2, 0) is 0 Å². The number of thioether (sulfide) groups is 1. The van der Waals surface area contributed by atoms with Gasteiger partial charge < -0.3 is 5.32 Å². The minimum Gasteiger partial charge on any atom is -0.310 e. The summed E-state index contributed by atoms with van der Waals surface area (Å²) in [6, 6.07) is 1.64. The first-order chi connectivity index (χ1) is 7.79. The minimum atomic E-state index is 0.808. The molecule has 0 spiro atoms. The van der Waals surface area contributed by atoms with Gasteiger partial charge in [0.25, 0.3) is 0 Å². The maximum absolute atomic E-state index is 3.96. The highest BCUT2D eigenvalue weighted by Crippen LogP contribution is 2.30. The Morgan fingerprint density at radius 1 is 0.938 bits per heavy atom. The fraction of sp³-hybridized carbons (Fsp3) is 1.00. The first-order valence-corrected chi connectivity index (χ1v) is 8.37. The second-order valence-corrected chi connectivity index (χ2v) is 6.87. The number of hydrogen-bond donors (Lipinski definition) is 1. The Hall–Kier alpha value is 0.310. The molecule has 2 unspecified atom stereocenters. The quantitative estimate of drug-likeness (QED) is 0.806. The Morgan fingerprint density at radius 3 is 2.31 bits per heavy atom. The zero-order valence-electron chi connectivity index (χ0n) is 10.9. The van der Waals surface area contributed by atoms with Crippen molar-refractivity contribution in [3.05, 3.63) is 0 Å². The topological polar surface area (TPSA) is 12.0 Å². The van der Waals surface area contributed by atoms with Gasteiger partial charge in [0.05, 0.1) is 0 Å². The van der Waals surface area contributed by atoms with E-state index in [2.05, 4.69) is 30.3 Å². The molecule has 2 atom stereocenters. The van der Waals surface area contributed by atoms with E-state index in [-0.39, 0.29) is 0 Å². The maximum atomic E-state index is 3.96. The molecule has 2 aliphatic rings. The summed E-state index contributed by atoms with van der Waals surface area (Å²) in [7, 11) is 0. The molecule has 0 aromatic carbocycles. The summed E-state index contributed by atoms with van der Waals surface area (Å²) >= 11 is 2.08. The summed E-state index contributed by atoms with van der Waals surface area (Å²) < 4.78 is 0. The first-order valence-electron chi connectivity index (χ1n) is 7.08. The van der Waals surface area contributed by atoms with Gasteiger partial charge in [-0.1, -0.05) is 19.8 Å². The Balaban J connectivity index is 1.78. The van der Waals surface area contributed by atoms with E-state index in [1.54, 1.807) is 0 Å². The van der Waals surface area contributed by atoms with Gasteiger partial charge in [0.15, 0.2) is 0 Å². The van der Waals surface area contributed by atoms with Crippen molar-refractivity contribution in [2.45, 2.75) is 75.6 Å². The lowest BCUT2D eigenvalue weighted by molar-refractivity contribution is 0.264. The van der Waals surface area contributed by atoms with E-state index in [9.17, 15) is 0 Å². The smallest absolute Gasteiger partial charge is 0.0198 e. The van der Waals surface area contributed by atoms with Crippen molar-refractivity contribution in [3.8, 4) is 0 Å². The van der Waals surface area contributed by atoms with Gasteiger partial charge in [-0.15, -0.1) is 0 Å². The average Bonchev–Trinajstić information content (AvgIpc) is 2.33. The van der Waals surface area contributed by atoms with E-state index in [0.717, 1.165) is 23.3 Å². The lowest BCUT2D eigenvalue weighted by Crippen LogP contribution is -2.46. The summed E-state index contributed by atoms with van der Waals surface area (Å²) in [5.41, 5.74) is 0. The summed E-state index contributed by atoms with van der Waals surface area (Å²) in [6.45, 7) is 2.40. The van der Waals surface area contributed by atoms with Crippen LogP contribution in [0, 0.1) is 5.92 Å². The molecule has 0 radical (unpaired) electrons. The molecule has 2 aliphatic carbocycles. The van der Waals surface area contributed by atoms with E-state index < -0.39 is 0 Å². The van der Waals surface area contributed by atoms with Gasteiger partial charge in [-0.3, -0.25) is 0 Å². The van der Waals surface area contributed by atoms with Crippen LogP contribution in [0.2, 0.25) is 0 Å². The predicted molar refractivity (Wildman–Crippen MR) is 74.1 cm³/mol. The molecule has 16 heavy (non-hydrogen) atoms. The van der Waals surface area contributed by atoms with Crippen LogP contribution < -0.4 is 5.32 Å². The molecule has 2 fully saturated rings. The highest BCUT2D eigenvalue weighted by Gasteiger charge is 2.27. The summed E-state index contributed by atoms with van der Waals surface area (Å²) in [6.07, 6.45) is 13.7. The van der Waals surface area contributed by atoms with Crippen molar-refractivity contribution in [2.75, 3.05) is 6.26 Å². The lowest BCUT2D eigenvalue weighted by atomic mass is 9.86. The normalized spacial score (nSPS) is 40.9. The van der Waals surface area contributed by atoms with E-state index in [1.807, 2.05) is 0 Å². The molecule has 2 heteroatoms. The largest absolute Gasteiger partial charge is 0.310 e. The molecule has 0 heterocycles.